The molecule has 2 aromatic rings. The number of aromatic nitrogens is 1. The van der Waals surface area contributed by atoms with E-state index in [2.05, 4.69) is 69.2 Å². The van der Waals surface area contributed by atoms with Crippen LogP contribution in [0.2, 0.25) is 0 Å². The summed E-state index contributed by atoms with van der Waals surface area (Å²) in [5.74, 6) is 0.883. The molecule has 30 heavy (non-hydrogen) atoms. The van der Waals surface area contributed by atoms with Crippen LogP contribution in [0.1, 0.15) is 37.0 Å². The van der Waals surface area contributed by atoms with Gasteiger partial charge in [-0.1, -0.05) is 18.2 Å². The SMILES string of the molecule is CCN(CC)c1ccc(C(=O)NCCCCN2CCN(c3ccccc3)CC2)cn1. The highest BCUT2D eigenvalue weighted by atomic mass is 16.1. The van der Waals surface area contributed by atoms with Crippen LogP contribution in [-0.2, 0) is 0 Å². The first-order chi connectivity index (χ1) is 14.7. The fourth-order valence-corrected chi connectivity index (χ4v) is 3.89. The molecule has 0 spiro atoms. The molecule has 1 aromatic carbocycles. The Morgan fingerprint density at radius 1 is 1.00 bits per heavy atom. The Morgan fingerprint density at radius 3 is 2.37 bits per heavy atom. The maximum Gasteiger partial charge on any atom is 0.252 e. The Hall–Kier alpha value is -2.60. The summed E-state index contributed by atoms with van der Waals surface area (Å²) >= 11 is 0. The lowest BCUT2D eigenvalue weighted by Crippen LogP contribution is -2.46. The number of nitrogens with one attached hydrogen (secondary N) is 1. The topological polar surface area (TPSA) is 51.7 Å². The normalized spacial score (nSPS) is 14.5. The Morgan fingerprint density at radius 2 is 1.73 bits per heavy atom. The number of anilines is 2. The molecule has 0 saturated carbocycles. The summed E-state index contributed by atoms with van der Waals surface area (Å²) in [6.45, 7) is 12.2. The minimum atomic E-state index is -0.0370. The van der Waals surface area contributed by atoms with Gasteiger partial charge in [-0.05, 0) is 57.5 Å². The molecule has 1 aliphatic rings. The first-order valence-corrected chi connectivity index (χ1v) is 11.2. The van der Waals surface area contributed by atoms with Gasteiger partial charge in [-0.2, -0.15) is 0 Å². The molecule has 2 heterocycles. The largest absolute Gasteiger partial charge is 0.369 e. The Labute approximate surface area is 180 Å². The molecule has 1 N–H and O–H groups in total. The molecule has 0 atom stereocenters. The number of piperazine rings is 1. The summed E-state index contributed by atoms with van der Waals surface area (Å²) < 4.78 is 0. The van der Waals surface area contributed by atoms with Crippen molar-refractivity contribution in [3.05, 3.63) is 54.2 Å². The molecule has 0 radical (unpaired) electrons. The van der Waals surface area contributed by atoms with Gasteiger partial charge in [-0.25, -0.2) is 4.98 Å². The summed E-state index contributed by atoms with van der Waals surface area (Å²) in [5, 5.41) is 3.02. The molecule has 1 fully saturated rings. The van der Waals surface area contributed by atoms with Crippen molar-refractivity contribution in [3.8, 4) is 0 Å². The smallest absolute Gasteiger partial charge is 0.252 e. The van der Waals surface area contributed by atoms with E-state index in [1.807, 2.05) is 12.1 Å². The van der Waals surface area contributed by atoms with Gasteiger partial charge in [-0.15, -0.1) is 0 Å². The second-order valence-corrected chi connectivity index (χ2v) is 7.70. The molecule has 3 rings (SSSR count). The fraction of sp³-hybridized carbons (Fsp3) is 0.500. The number of para-hydroxylation sites is 1. The van der Waals surface area contributed by atoms with Crippen molar-refractivity contribution in [1.82, 2.24) is 15.2 Å². The van der Waals surface area contributed by atoms with Crippen LogP contribution in [0.4, 0.5) is 11.5 Å². The van der Waals surface area contributed by atoms with E-state index >= 15 is 0 Å². The average molecular weight is 410 g/mol. The van der Waals surface area contributed by atoms with Crippen molar-refractivity contribution in [1.29, 1.82) is 0 Å². The van der Waals surface area contributed by atoms with E-state index < -0.39 is 0 Å². The summed E-state index contributed by atoms with van der Waals surface area (Å²) in [4.78, 5) is 23.9. The highest BCUT2D eigenvalue weighted by Gasteiger charge is 2.16. The van der Waals surface area contributed by atoms with Crippen LogP contribution in [0.15, 0.2) is 48.7 Å². The third-order valence-electron chi connectivity index (χ3n) is 5.78. The molecular weight excluding hydrogens is 374 g/mol. The van der Waals surface area contributed by atoms with Gasteiger partial charge >= 0.3 is 0 Å². The monoisotopic (exact) mass is 409 g/mol. The van der Waals surface area contributed by atoms with Crippen molar-refractivity contribution in [3.63, 3.8) is 0 Å². The van der Waals surface area contributed by atoms with E-state index in [1.54, 1.807) is 6.20 Å². The zero-order chi connectivity index (χ0) is 21.2. The van der Waals surface area contributed by atoms with Crippen LogP contribution in [0.25, 0.3) is 0 Å². The van der Waals surface area contributed by atoms with Gasteiger partial charge in [0.15, 0.2) is 0 Å². The molecule has 1 saturated heterocycles. The van der Waals surface area contributed by atoms with Crippen LogP contribution in [-0.4, -0.2) is 68.1 Å². The number of carbonyl (C=O) groups excluding carboxylic acids is 1. The number of nitrogens with zero attached hydrogens (tertiary/aromatic N) is 4. The van der Waals surface area contributed by atoms with Gasteiger partial charge in [0.1, 0.15) is 5.82 Å². The molecule has 1 amide bonds. The van der Waals surface area contributed by atoms with Crippen molar-refractivity contribution < 1.29 is 4.79 Å². The average Bonchev–Trinajstić information content (AvgIpc) is 2.81. The summed E-state index contributed by atoms with van der Waals surface area (Å²) in [6, 6.07) is 14.4. The Balaban J connectivity index is 1.30. The number of amides is 1. The molecular formula is C24H35N5O. The van der Waals surface area contributed by atoms with Gasteiger partial charge in [0.2, 0.25) is 0 Å². The van der Waals surface area contributed by atoms with Crippen LogP contribution >= 0.6 is 0 Å². The van der Waals surface area contributed by atoms with Gasteiger partial charge in [0.05, 0.1) is 5.56 Å². The van der Waals surface area contributed by atoms with Crippen LogP contribution < -0.4 is 15.1 Å². The van der Waals surface area contributed by atoms with E-state index in [0.717, 1.165) is 64.5 Å². The number of hydrogen-bond donors (Lipinski definition) is 1. The molecule has 6 heteroatoms. The molecule has 0 unspecified atom stereocenters. The molecule has 1 aliphatic heterocycles. The highest BCUT2D eigenvalue weighted by molar-refractivity contribution is 5.94. The number of benzene rings is 1. The minimum absolute atomic E-state index is 0.0370. The van der Waals surface area contributed by atoms with Crippen molar-refractivity contribution in [2.24, 2.45) is 0 Å². The molecule has 162 valence electrons. The second-order valence-electron chi connectivity index (χ2n) is 7.70. The zero-order valence-electron chi connectivity index (χ0n) is 18.4. The van der Waals surface area contributed by atoms with Crippen molar-refractivity contribution in [2.45, 2.75) is 26.7 Å². The summed E-state index contributed by atoms with van der Waals surface area (Å²) in [7, 11) is 0. The van der Waals surface area contributed by atoms with E-state index in [0.29, 0.717) is 12.1 Å². The molecule has 0 aliphatic carbocycles. The van der Waals surface area contributed by atoms with Crippen molar-refractivity contribution in [2.75, 3.05) is 62.2 Å². The lowest BCUT2D eigenvalue weighted by Gasteiger charge is -2.36. The number of rotatable bonds is 10. The Bertz CT molecular complexity index is 753. The number of pyridine rings is 1. The number of carbonyl (C=O) groups is 1. The number of unbranched alkanes of at least 4 members (excludes halogenated alkanes) is 1. The summed E-state index contributed by atoms with van der Waals surface area (Å²) in [5.41, 5.74) is 1.95. The molecule has 6 nitrogen and oxygen atoms in total. The van der Waals surface area contributed by atoms with Crippen LogP contribution in [0.3, 0.4) is 0 Å². The Kier molecular flexibility index (Phi) is 8.51. The minimum Gasteiger partial charge on any atom is -0.369 e. The lowest BCUT2D eigenvalue weighted by molar-refractivity contribution is 0.0952. The third-order valence-corrected chi connectivity index (χ3v) is 5.78. The third kappa shape index (κ3) is 6.20. The quantitative estimate of drug-likeness (QED) is 0.611. The fourth-order valence-electron chi connectivity index (χ4n) is 3.89. The molecule has 0 bridgehead atoms. The molecule has 1 aromatic heterocycles. The maximum atomic E-state index is 12.3. The second kappa shape index (κ2) is 11.6. The zero-order valence-corrected chi connectivity index (χ0v) is 18.4. The van der Waals surface area contributed by atoms with Crippen molar-refractivity contribution >= 4 is 17.4 Å². The van der Waals surface area contributed by atoms with Crippen LogP contribution in [0.5, 0.6) is 0 Å². The van der Waals surface area contributed by atoms with E-state index in [9.17, 15) is 4.79 Å². The number of hydrogen-bond acceptors (Lipinski definition) is 5. The first-order valence-electron chi connectivity index (χ1n) is 11.2. The summed E-state index contributed by atoms with van der Waals surface area (Å²) in [6.07, 6.45) is 3.77. The van der Waals surface area contributed by atoms with Gasteiger partial charge in [0, 0.05) is 57.7 Å². The van der Waals surface area contributed by atoms with Gasteiger partial charge in [-0.3, -0.25) is 9.69 Å². The predicted octanol–water partition coefficient (Wildman–Crippen LogP) is 3.26. The van der Waals surface area contributed by atoms with E-state index in [4.69, 9.17) is 0 Å². The van der Waals surface area contributed by atoms with Gasteiger partial charge in [0.25, 0.3) is 5.91 Å². The highest BCUT2D eigenvalue weighted by Crippen LogP contribution is 2.15. The van der Waals surface area contributed by atoms with Gasteiger partial charge < -0.3 is 15.1 Å². The standard InChI is InChI=1S/C24H35N5O/c1-3-28(4-2)23-13-12-21(20-26-23)24(30)25-14-8-9-15-27-16-18-29(19-17-27)22-10-6-5-7-11-22/h5-7,10-13,20H,3-4,8-9,14-19H2,1-2H3,(H,25,30). The predicted molar refractivity (Wildman–Crippen MR) is 124 cm³/mol. The lowest BCUT2D eigenvalue weighted by atomic mass is 10.2. The first kappa shape index (κ1) is 22.1. The van der Waals surface area contributed by atoms with Crippen LogP contribution in [0, 0.1) is 0 Å². The van der Waals surface area contributed by atoms with E-state index in [-0.39, 0.29) is 5.91 Å². The van der Waals surface area contributed by atoms with E-state index in [1.165, 1.54) is 5.69 Å². The maximum absolute atomic E-state index is 12.3.